The number of carbonyl (C=O) groups is 1. The zero-order valence-electron chi connectivity index (χ0n) is 16.4. The second kappa shape index (κ2) is 9.10. The number of hydrogen-bond donors (Lipinski definition) is 0. The maximum absolute atomic E-state index is 12.4. The Bertz CT molecular complexity index is 450. The number of allylic oxidation sites excluding steroid dienone is 5. The van der Waals surface area contributed by atoms with Gasteiger partial charge in [0.1, 0.15) is 0 Å². The molecule has 0 fully saturated rings. The third kappa shape index (κ3) is 5.67. The molecule has 2 heteroatoms. The van der Waals surface area contributed by atoms with Crippen molar-refractivity contribution >= 4 is 5.97 Å². The minimum Gasteiger partial charge on any atom is -0.466 e. The fourth-order valence-corrected chi connectivity index (χ4v) is 2.76. The molecule has 0 bridgehead atoms. The Kier molecular flexibility index (Phi) is 8.58. The zero-order chi connectivity index (χ0) is 18.3. The van der Waals surface area contributed by atoms with E-state index in [4.69, 9.17) is 4.74 Å². The Morgan fingerprint density at radius 3 is 2.17 bits per heavy atom. The van der Waals surface area contributed by atoms with Crippen molar-refractivity contribution < 1.29 is 9.53 Å². The molecule has 0 aromatic heterocycles. The number of rotatable bonds is 9. The van der Waals surface area contributed by atoms with Gasteiger partial charge in [-0.05, 0) is 56.9 Å². The van der Waals surface area contributed by atoms with E-state index in [1.807, 2.05) is 33.8 Å². The van der Waals surface area contributed by atoms with E-state index in [1.54, 1.807) is 0 Å². The Morgan fingerprint density at radius 1 is 1.22 bits per heavy atom. The minimum atomic E-state index is -0.536. The highest BCUT2D eigenvalue weighted by Crippen LogP contribution is 2.47. The van der Waals surface area contributed by atoms with E-state index in [2.05, 4.69) is 52.5 Å². The van der Waals surface area contributed by atoms with Crippen LogP contribution in [0.3, 0.4) is 0 Å². The Labute approximate surface area is 143 Å². The van der Waals surface area contributed by atoms with Crippen molar-refractivity contribution in [3.63, 3.8) is 0 Å². The molecule has 0 saturated carbocycles. The molecule has 0 heterocycles. The highest BCUT2D eigenvalue weighted by atomic mass is 16.5. The molecule has 0 saturated heterocycles. The standard InChI is InChI=1S/C21H36O2/c1-10-13-17(14-11-2)18(16(4)5)15-20(6,7)21(8,9)19(22)23-12-3/h10-11,13-14,16,18H,1,12,15H2,2-9H3/b14-11-,17-13+. The third-order valence-corrected chi connectivity index (χ3v) is 5.11. The number of ether oxygens (including phenoxy) is 1. The largest absolute Gasteiger partial charge is 0.466 e. The predicted molar refractivity (Wildman–Crippen MR) is 100 cm³/mol. The van der Waals surface area contributed by atoms with Gasteiger partial charge in [0.25, 0.3) is 0 Å². The molecular formula is C21H36O2. The topological polar surface area (TPSA) is 26.3 Å². The van der Waals surface area contributed by atoms with E-state index >= 15 is 0 Å². The summed E-state index contributed by atoms with van der Waals surface area (Å²) in [6, 6.07) is 0. The molecule has 1 atom stereocenters. The van der Waals surface area contributed by atoms with E-state index in [-0.39, 0.29) is 11.4 Å². The van der Waals surface area contributed by atoms with Crippen LogP contribution in [-0.4, -0.2) is 12.6 Å². The third-order valence-electron chi connectivity index (χ3n) is 5.11. The van der Waals surface area contributed by atoms with E-state index in [0.29, 0.717) is 18.4 Å². The molecule has 0 radical (unpaired) electrons. The van der Waals surface area contributed by atoms with Crippen molar-refractivity contribution in [1.29, 1.82) is 0 Å². The van der Waals surface area contributed by atoms with Crippen LogP contribution in [0.2, 0.25) is 0 Å². The smallest absolute Gasteiger partial charge is 0.312 e. The summed E-state index contributed by atoms with van der Waals surface area (Å²) in [7, 11) is 0. The van der Waals surface area contributed by atoms with Crippen molar-refractivity contribution in [2.75, 3.05) is 6.61 Å². The highest BCUT2D eigenvalue weighted by Gasteiger charge is 2.45. The quantitative estimate of drug-likeness (QED) is 0.387. The van der Waals surface area contributed by atoms with Crippen LogP contribution in [0.4, 0.5) is 0 Å². The van der Waals surface area contributed by atoms with Crippen molar-refractivity contribution in [1.82, 2.24) is 0 Å². The van der Waals surface area contributed by atoms with E-state index in [9.17, 15) is 4.79 Å². The molecule has 0 aliphatic carbocycles. The molecule has 0 aromatic carbocycles. The fraction of sp³-hybridized carbons (Fsp3) is 0.667. The second-order valence-corrected chi connectivity index (χ2v) is 7.69. The zero-order valence-corrected chi connectivity index (χ0v) is 16.4. The number of hydrogen-bond acceptors (Lipinski definition) is 2. The van der Waals surface area contributed by atoms with Crippen LogP contribution in [0.5, 0.6) is 0 Å². The monoisotopic (exact) mass is 320 g/mol. The minimum absolute atomic E-state index is 0.118. The fourth-order valence-electron chi connectivity index (χ4n) is 2.76. The maximum Gasteiger partial charge on any atom is 0.312 e. The molecule has 0 rings (SSSR count). The van der Waals surface area contributed by atoms with Crippen LogP contribution < -0.4 is 0 Å². The lowest BCUT2D eigenvalue weighted by atomic mass is 9.62. The number of esters is 1. The van der Waals surface area contributed by atoms with Crippen molar-refractivity contribution in [3.05, 3.63) is 36.5 Å². The highest BCUT2D eigenvalue weighted by molar-refractivity contribution is 5.76. The molecule has 132 valence electrons. The summed E-state index contributed by atoms with van der Waals surface area (Å²) >= 11 is 0. The normalized spacial score (nSPS) is 15.1. The molecule has 0 amide bonds. The molecule has 0 N–H and O–H groups in total. The van der Waals surface area contributed by atoms with Gasteiger partial charge in [-0.3, -0.25) is 4.79 Å². The molecule has 0 aliphatic heterocycles. The lowest BCUT2D eigenvalue weighted by Crippen LogP contribution is -2.42. The molecular weight excluding hydrogens is 284 g/mol. The lowest BCUT2D eigenvalue weighted by Gasteiger charge is -2.42. The van der Waals surface area contributed by atoms with Gasteiger partial charge < -0.3 is 4.74 Å². The van der Waals surface area contributed by atoms with E-state index in [1.165, 1.54) is 5.57 Å². The van der Waals surface area contributed by atoms with Gasteiger partial charge in [-0.2, -0.15) is 0 Å². The second-order valence-electron chi connectivity index (χ2n) is 7.69. The Morgan fingerprint density at radius 2 is 1.78 bits per heavy atom. The summed E-state index contributed by atoms with van der Waals surface area (Å²) in [5.41, 5.74) is 0.548. The first-order valence-corrected chi connectivity index (χ1v) is 8.67. The SMILES string of the molecule is C=C/C=C(\C=C/C)C(CC(C)(C)C(C)(C)C(=O)OCC)C(C)C. The molecule has 0 aromatic rings. The van der Waals surface area contributed by atoms with E-state index in [0.717, 1.165) is 6.42 Å². The van der Waals surface area contributed by atoms with Crippen molar-refractivity contribution in [3.8, 4) is 0 Å². The number of carbonyl (C=O) groups excluding carboxylic acids is 1. The van der Waals surface area contributed by atoms with Gasteiger partial charge in [0, 0.05) is 0 Å². The van der Waals surface area contributed by atoms with Crippen molar-refractivity contribution in [2.45, 2.75) is 61.8 Å². The summed E-state index contributed by atoms with van der Waals surface area (Å²) in [6.07, 6.45) is 9.06. The molecule has 1 unspecified atom stereocenters. The summed E-state index contributed by atoms with van der Waals surface area (Å²) < 4.78 is 5.31. The van der Waals surface area contributed by atoms with Crippen molar-refractivity contribution in [2.24, 2.45) is 22.7 Å². The van der Waals surface area contributed by atoms with Gasteiger partial charge in [0.05, 0.1) is 12.0 Å². The van der Waals surface area contributed by atoms with E-state index < -0.39 is 5.41 Å². The first kappa shape index (κ1) is 21.7. The van der Waals surface area contributed by atoms with Crippen LogP contribution in [0, 0.1) is 22.7 Å². The van der Waals surface area contributed by atoms with Crippen LogP contribution in [0.15, 0.2) is 36.5 Å². The molecule has 23 heavy (non-hydrogen) atoms. The summed E-state index contributed by atoms with van der Waals surface area (Å²) in [5.74, 6) is 0.732. The van der Waals surface area contributed by atoms with Gasteiger partial charge in [-0.25, -0.2) is 0 Å². The van der Waals surface area contributed by atoms with Crippen LogP contribution in [0.1, 0.15) is 61.8 Å². The molecule has 2 nitrogen and oxygen atoms in total. The van der Waals surface area contributed by atoms with Gasteiger partial charge in [0.2, 0.25) is 0 Å². The van der Waals surface area contributed by atoms with Crippen LogP contribution >= 0.6 is 0 Å². The lowest BCUT2D eigenvalue weighted by molar-refractivity contribution is -0.161. The van der Waals surface area contributed by atoms with Crippen LogP contribution in [0.25, 0.3) is 0 Å². The summed E-state index contributed by atoms with van der Waals surface area (Å²) in [5, 5.41) is 0. The molecule has 0 spiro atoms. The first-order valence-electron chi connectivity index (χ1n) is 8.67. The Balaban J connectivity index is 5.61. The average molecular weight is 321 g/mol. The summed E-state index contributed by atoms with van der Waals surface area (Å²) in [4.78, 5) is 12.4. The molecule has 0 aliphatic rings. The van der Waals surface area contributed by atoms with Gasteiger partial charge in [-0.15, -0.1) is 0 Å². The average Bonchev–Trinajstić information content (AvgIpc) is 2.44. The predicted octanol–water partition coefficient (Wildman–Crippen LogP) is 5.95. The first-order chi connectivity index (χ1) is 10.5. The van der Waals surface area contributed by atoms with Crippen LogP contribution in [-0.2, 0) is 9.53 Å². The Hall–Kier alpha value is -1.31. The maximum atomic E-state index is 12.4. The van der Waals surface area contributed by atoms with Gasteiger partial charge in [0.15, 0.2) is 0 Å². The van der Waals surface area contributed by atoms with Gasteiger partial charge >= 0.3 is 5.97 Å². The van der Waals surface area contributed by atoms with Gasteiger partial charge in [-0.1, -0.05) is 58.6 Å². The summed E-state index contributed by atoms with van der Waals surface area (Å²) in [6.45, 7) is 20.9.